The number of likely N-dealkylation sites (N-methyl/N-ethyl adjacent to an activating group) is 1. The molecule has 0 rings (SSSR count). The Hall–Kier alpha value is -0.750. The molecule has 0 saturated carbocycles. The predicted octanol–water partition coefficient (Wildman–Crippen LogP) is -0.557. The Morgan fingerprint density at radius 2 is 2.17 bits per heavy atom. The highest BCUT2D eigenvalue weighted by Crippen LogP contribution is 1.96. The maximum atomic E-state index is 11.0. The largest absolute Gasteiger partial charge is 0.357 e. The van der Waals surface area contributed by atoms with Gasteiger partial charge in [0, 0.05) is 19.7 Å². The van der Waals surface area contributed by atoms with Crippen LogP contribution in [0.4, 0.5) is 0 Å². The minimum absolute atomic E-state index is 0.152. The van der Waals surface area contributed by atoms with E-state index in [-0.39, 0.29) is 17.6 Å². The van der Waals surface area contributed by atoms with E-state index >= 15 is 0 Å². The molecule has 0 aliphatic rings. The van der Waals surface area contributed by atoms with Crippen molar-refractivity contribution in [1.82, 2.24) is 10.6 Å². The number of rotatable bonds is 4. The second-order valence-electron chi connectivity index (χ2n) is 2.16. The lowest BCUT2D eigenvalue weighted by Crippen LogP contribution is -2.46. The first-order valence-electron chi connectivity index (χ1n) is 3.37. The van der Waals surface area contributed by atoms with Gasteiger partial charge in [0.2, 0.25) is 11.8 Å². The summed E-state index contributed by atoms with van der Waals surface area (Å²) in [5.41, 5.74) is 0. The zero-order chi connectivity index (χ0) is 9.56. The monoisotopic (exact) mass is 192 g/mol. The van der Waals surface area contributed by atoms with E-state index in [1.165, 1.54) is 14.0 Å². The third-order valence-electron chi connectivity index (χ3n) is 1.18. The molecular weight excluding hydrogens is 180 g/mol. The first-order chi connectivity index (χ1) is 5.61. The smallest absolute Gasteiger partial charge is 0.243 e. The molecule has 0 radical (unpaired) electrons. The molecule has 5 nitrogen and oxygen atoms in total. The summed E-state index contributed by atoms with van der Waals surface area (Å²) >= 11 is 0.520. The van der Waals surface area contributed by atoms with Gasteiger partial charge in [-0.1, -0.05) is 0 Å². The average Bonchev–Trinajstić information content (AvgIpc) is 2.01. The Bertz CT molecular complexity index is 174. The minimum Gasteiger partial charge on any atom is -0.357 e. The van der Waals surface area contributed by atoms with E-state index in [0.717, 1.165) is 0 Å². The normalized spacial score (nSPS) is 11.9. The van der Waals surface area contributed by atoms with Gasteiger partial charge in [-0.05, 0) is 12.0 Å². The second kappa shape index (κ2) is 5.84. The molecule has 0 aromatic rings. The number of amides is 2. The van der Waals surface area contributed by atoms with E-state index in [2.05, 4.69) is 10.6 Å². The molecule has 6 heteroatoms. The van der Waals surface area contributed by atoms with E-state index in [1.807, 2.05) is 0 Å². The Balaban J connectivity index is 4.02. The van der Waals surface area contributed by atoms with Crippen molar-refractivity contribution in [3.05, 3.63) is 0 Å². The van der Waals surface area contributed by atoms with E-state index in [4.69, 9.17) is 4.55 Å². The molecule has 12 heavy (non-hydrogen) atoms. The Morgan fingerprint density at radius 1 is 1.58 bits per heavy atom. The first kappa shape index (κ1) is 11.2. The molecule has 3 N–H and O–H groups in total. The summed E-state index contributed by atoms with van der Waals surface area (Å²) in [5.74, 6) is -0.455. The van der Waals surface area contributed by atoms with Crippen molar-refractivity contribution >= 4 is 23.9 Å². The molecule has 2 amide bonds. The molecule has 0 heterocycles. The molecule has 0 fully saturated rings. The van der Waals surface area contributed by atoms with Gasteiger partial charge in [0.05, 0.1) is 0 Å². The minimum atomic E-state index is -0.664. The molecule has 0 bridgehead atoms. The summed E-state index contributed by atoms with van der Waals surface area (Å²) in [4.78, 5) is 21.6. The SMILES string of the molecule is CNC(=O)C(CSO)NC(C)=O. The average molecular weight is 192 g/mol. The summed E-state index contributed by atoms with van der Waals surface area (Å²) in [6.07, 6.45) is 0. The Labute approximate surface area is 75.1 Å². The van der Waals surface area contributed by atoms with Crippen molar-refractivity contribution in [1.29, 1.82) is 0 Å². The Morgan fingerprint density at radius 3 is 2.50 bits per heavy atom. The lowest BCUT2D eigenvalue weighted by atomic mass is 10.3. The molecule has 0 aromatic heterocycles. The summed E-state index contributed by atoms with van der Waals surface area (Å²) in [6.45, 7) is 1.32. The van der Waals surface area contributed by atoms with Crippen LogP contribution in [-0.2, 0) is 9.59 Å². The van der Waals surface area contributed by atoms with E-state index < -0.39 is 6.04 Å². The Kier molecular flexibility index (Phi) is 5.48. The summed E-state index contributed by atoms with van der Waals surface area (Å²) in [5, 5.41) is 4.78. The van der Waals surface area contributed by atoms with Crippen LogP contribution >= 0.6 is 12.0 Å². The highest BCUT2D eigenvalue weighted by atomic mass is 32.2. The van der Waals surface area contributed by atoms with Crippen LogP contribution in [0.1, 0.15) is 6.92 Å². The van der Waals surface area contributed by atoms with Gasteiger partial charge in [-0.25, -0.2) is 0 Å². The van der Waals surface area contributed by atoms with Gasteiger partial charge in [0.25, 0.3) is 0 Å². The van der Waals surface area contributed by atoms with Gasteiger partial charge in [-0.2, -0.15) is 0 Å². The topological polar surface area (TPSA) is 78.4 Å². The van der Waals surface area contributed by atoms with Crippen molar-refractivity contribution in [2.75, 3.05) is 12.8 Å². The zero-order valence-corrected chi connectivity index (χ0v) is 7.77. The summed E-state index contributed by atoms with van der Waals surface area (Å²) < 4.78 is 8.48. The molecule has 0 aromatic carbocycles. The van der Waals surface area contributed by atoms with Gasteiger partial charge in [0.1, 0.15) is 6.04 Å². The molecule has 1 atom stereocenters. The standard InChI is InChI=1S/C6H12N2O3S/c1-4(9)8-5(3-12-11)6(10)7-2/h5,11H,3H2,1-2H3,(H,7,10)(H,8,9). The van der Waals surface area contributed by atoms with Gasteiger partial charge in [-0.15, -0.1) is 0 Å². The zero-order valence-electron chi connectivity index (χ0n) is 6.96. The van der Waals surface area contributed by atoms with Crippen molar-refractivity contribution in [3.63, 3.8) is 0 Å². The van der Waals surface area contributed by atoms with Crippen LogP contribution < -0.4 is 10.6 Å². The fourth-order valence-electron chi connectivity index (χ4n) is 0.677. The maximum absolute atomic E-state index is 11.0. The predicted molar refractivity (Wildman–Crippen MR) is 46.8 cm³/mol. The van der Waals surface area contributed by atoms with Crippen molar-refractivity contribution in [2.45, 2.75) is 13.0 Å². The van der Waals surface area contributed by atoms with Crippen LogP contribution in [0.15, 0.2) is 0 Å². The van der Waals surface area contributed by atoms with Crippen LogP contribution in [0, 0.1) is 0 Å². The lowest BCUT2D eigenvalue weighted by molar-refractivity contribution is -0.127. The third kappa shape index (κ3) is 4.20. The number of carbonyl (C=O) groups is 2. The first-order valence-corrected chi connectivity index (χ1v) is 4.31. The van der Waals surface area contributed by atoms with Gasteiger partial charge < -0.3 is 15.2 Å². The fourth-order valence-corrected chi connectivity index (χ4v) is 1.06. The van der Waals surface area contributed by atoms with E-state index in [0.29, 0.717) is 12.0 Å². The van der Waals surface area contributed by atoms with Crippen LogP contribution in [0.2, 0.25) is 0 Å². The molecule has 70 valence electrons. The van der Waals surface area contributed by atoms with Crippen molar-refractivity contribution in [3.8, 4) is 0 Å². The molecule has 0 aliphatic heterocycles. The van der Waals surface area contributed by atoms with Crippen LogP contribution in [0.25, 0.3) is 0 Å². The van der Waals surface area contributed by atoms with E-state index in [9.17, 15) is 9.59 Å². The second-order valence-corrected chi connectivity index (χ2v) is 2.75. The number of hydrogen-bond donors (Lipinski definition) is 3. The molecule has 1 unspecified atom stereocenters. The third-order valence-corrected chi connectivity index (χ3v) is 1.66. The number of carbonyl (C=O) groups excluding carboxylic acids is 2. The van der Waals surface area contributed by atoms with Gasteiger partial charge >= 0.3 is 0 Å². The van der Waals surface area contributed by atoms with E-state index in [1.54, 1.807) is 0 Å². The number of hydrogen-bond acceptors (Lipinski definition) is 4. The summed E-state index contributed by atoms with van der Waals surface area (Å²) in [7, 11) is 1.47. The highest BCUT2D eigenvalue weighted by molar-refractivity contribution is 7.93. The quantitative estimate of drug-likeness (QED) is 0.522. The van der Waals surface area contributed by atoms with Crippen LogP contribution in [-0.4, -0.2) is 35.2 Å². The molecular formula is C6H12N2O3S. The van der Waals surface area contributed by atoms with Crippen LogP contribution in [0.5, 0.6) is 0 Å². The number of nitrogens with one attached hydrogen (secondary N) is 2. The molecule has 0 aliphatic carbocycles. The maximum Gasteiger partial charge on any atom is 0.243 e. The lowest BCUT2D eigenvalue weighted by Gasteiger charge is -2.13. The fraction of sp³-hybridized carbons (Fsp3) is 0.667. The highest BCUT2D eigenvalue weighted by Gasteiger charge is 2.17. The van der Waals surface area contributed by atoms with Crippen molar-refractivity contribution in [2.24, 2.45) is 0 Å². The molecule has 0 saturated heterocycles. The van der Waals surface area contributed by atoms with Gasteiger partial charge in [-0.3, -0.25) is 9.59 Å². The van der Waals surface area contributed by atoms with Crippen LogP contribution in [0.3, 0.4) is 0 Å². The summed E-state index contributed by atoms with van der Waals surface area (Å²) in [6, 6.07) is -0.664. The van der Waals surface area contributed by atoms with Gasteiger partial charge in [0.15, 0.2) is 0 Å². The molecule has 0 spiro atoms. The van der Waals surface area contributed by atoms with Crippen molar-refractivity contribution < 1.29 is 14.1 Å².